The van der Waals surface area contributed by atoms with Crippen LogP contribution in [-0.4, -0.2) is 48.9 Å². The first-order valence-corrected chi connectivity index (χ1v) is 10.4. The van der Waals surface area contributed by atoms with Gasteiger partial charge in [0.2, 0.25) is 5.91 Å². The minimum Gasteiger partial charge on any atom is -0.465 e. The van der Waals surface area contributed by atoms with Crippen molar-refractivity contribution < 1.29 is 28.7 Å². The molecule has 0 spiro atoms. The molecule has 2 aromatic rings. The van der Waals surface area contributed by atoms with E-state index < -0.39 is 24.1 Å². The van der Waals surface area contributed by atoms with Gasteiger partial charge >= 0.3 is 12.1 Å². The standard InChI is InChI=1S/C24H24N2O6/c1-15(28)26-20-9-8-17(23(29)31-2)12-19(20)22-18(21(26)13-27)10-11-25(22)24(30)32-14-16-6-4-3-5-7-16/h3-9,12-13,18,21-22H,10-11,14H2,1-2H3/t18-,21+,22-/m0/s1. The topological polar surface area (TPSA) is 93.2 Å². The zero-order valence-electron chi connectivity index (χ0n) is 17.9. The summed E-state index contributed by atoms with van der Waals surface area (Å²) in [4.78, 5) is 52.7. The number of ether oxygens (including phenoxy) is 2. The van der Waals surface area contributed by atoms with Gasteiger partial charge in [0.05, 0.1) is 24.8 Å². The highest BCUT2D eigenvalue weighted by Crippen LogP contribution is 2.49. The second kappa shape index (κ2) is 8.82. The Morgan fingerprint density at radius 3 is 2.53 bits per heavy atom. The van der Waals surface area contributed by atoms with E-state index in [0.717, 1.165) is 11.8 Å². The lowest BCUT2D eigenvalue weighted by molar-refractivity contribution is -0.120. The van der Waals surface area contributed by atoms with Gasteiger partial charge in [-0.15, -0.1) is 0 Å². The Bertz CT molecular complexity index is 1050. The fraction of sp³-hybridized carbons (Fsp3) is 0.333. The highest BCUT2D eigenvalue weighted by molar-refractivity contribution is 5.99. The fourth-order valence-corrected chi connectivity index (χ4v) is 4.73. The molecule has 0 radical (unpaired) electrons. The molecule has 8 heteroatoms. The molecule has 8 nitrogen and oxygen atoms in total. The average Bonchev–Trinajstić information content (AvgIpc) is 3.26. The number of likely N-dealkylation sites (tertiary alicyclic amines) is 1. The number of rotatable bonds is 4. The highest BCUT2D eigenvalue weighted by Gasteiger charge is 2.50. The molecule has 3 atom stereocenters. The summed E-state index contributed by atoms with van der Waals surface area (Å²) in [6, 6.07) is 13.0. The van der Waals surface area contributed by atoms with E-state index >= 15 is 0 Å². The summed E-state index contributed by atoms with van der Waals surface area (Å²) in [6.07, 6.45) is 0.784. The van der Waals surface area contributed by atoms with Crippen LogP contribution in [0.4, 0.5) is 10.5 Å². The third-order valence-corrected chi connectivity index (χ3v) is 6.13. The predicted octanol–water partition coefficient (Wildman–Crippen LogP) is 3.11. The Hall–Kier alpha value is -3.68. The molecule has 0 saturated carbocycles. The van der Waals surface area contributed by atoms with Crippen LogP contribution in [0.1, 0.15) is 40.9 Å². The van der Waals surface area contributed by atoms with E-state index in [1.807, 2.05) is 30.3 Å². The number of methoxy groups -OCH3 is 1. The number of hydrogen-bond donors (Lipinski definition) is 0. The number of fused-ring (bicyclic) bond motifs is 3. The normalized spacial score (nSPS) is 21.4. The first-order chi connectivity index (χ1) is 15.5. The number of esters is 1. The SMILES string of the molecule is COC(=O)c1ccc2c(c1)[C@@H]1[C@@H](CCN1C(=O)OCc1ccccc1)[C@@H](C=O)N2C(C)=O. The molecule has 0 aliphatic carbocycles. The van der Waals surface area contributed by atoms with Crippen molar-refractivity contribution >= 4 is 29.9 Å². The van der Waals surface area contributed by atoms with Gasteiger partial charge in [-0.05, 0) is 35.7 Å². The van der Waals surface area contributed by atoms with Gasteiger partial charge in [0, 0.05) is 25.1 Å². The molecule has 2 aliphatic rings. The maximum Gasteiger partial charge on any atom is 0.410 e. The molecule has 2 aromatic carbocycles. The molecule has 32 heavy (non-hydrogen) atoms. The van der Waals surface area contributed by atoms with E-state index in [1.165, 1.54) is 18.9 Å². The zero-order valence-corrected chi connectivity index (χ0v) is 17.9. The second-order valence-corrected chi connectivity index (χ2v) is 7.91. The molecule has 0 aromatic heterocycles. The fourth-order valence-electron chi connectivity index (χ4n) is 4.73. The van der Waals surface area contributed by atoms with E-state index in [9.17, 15) is 19.2 Å². The molecule has 1 fully saturated rings. The Labute approximate surface area is 185 Å². The summed E-state index contributed by atoms with van der Waals surface area (Å²) in [7, 11) is 1.29. The van der Waals surface area contributed by atoms with Gasteiger partial charge in [-0.2, -0.15) is 0 Å². The summed E-state index contributed by atoms with van der Waals surface area (Å²) in [5.41, 5.74) is 2.30. The molecule has 1 saturated heterocycles. The molecule has 2 aliphatic heterocycles. The van der Waals surface area contributed by atoms with Crippen molar-refractivity contribution in [1.82, 2.24) is 4.90 Å². The third kappa shape index (κ3) is 3.72. The summed E-state index contributed by atoms with van der Waals surface area (Å²) >= 11 is 0. The maximum absolute atomic E-state index is 13.0. The quantitative estimate of drug-likeness (QED) is 0.540. The third-order valence-electron chi connectivity index (χ3n) is 6.13. The number of carbonyl (C=O) groups is 4. The molecule has 4 rings (SSSR count). The van der Waals surface area contributed by atoms with Gasteiger partial charge in [0.1, 0.15) is 12.9 Å². The van der Waals surface area contributed by atoms with Gasteiger partial charge in [0.25, 0.3) is 0 Å². The highest BCUT2D eigenvalue weighted by atomic mass is 16.6. The lowest BCUT2D eigenvalue weighted by Gasteiger charge is -2.42. The van der Waals surface area contributed by atoms with Crippen LogP contribution in [0.3, 0.4) is 0 Å². The Kier molecular flexibility index (Phi) is 5.94. The molecular weight excluding hydrogens is 412 g/mol. The van der Waals surface area contributed by atoms with Gasteiger partial charge in [-0.1, -0.05) is 30.3 Å². The zero-order chi connectivity index (χ0) is 22.8. The second-order valence-electron chi connectivity index (χ2n) is 7.91. The van der Waals surface area contributed by atoms with E-state index in [4.69, 9.17) is 9.47 Å². The predicted molar refractivity (Wildman–Crippen MR) is 115 cm³/mol. The summed E-state index contributed by atoms with van der Waals surface area (Å²) in [5, 5.41) is 0. The van der Waals surface area contributed by atoms with Crippen LogP contribution < -0.4 is 4.90 Å². The van der Waals surface area contributed by atoms with Gasteiger partial charge in [-0.25, -0.2) is 9.59 Å². The van der Waals surface area contributed by atoms with E-state index in [-0.39, 0.29) is 18.4 Å². The Balaban J connectivity index is 1.71. The Morgan fingerprint density at radius 2 is 1.88 bits per heavy atom. The van der Waals surface area contributed by atoms with E-state index in [2.05, 4.69) is 0 Å². The maximum atomic E-state index is 13.0. The van der Waals surface area contributed by atoms with Gasteiger partial charge in [0.15, 0.2) is 0 Å². The minimum atomic E-state index is -0.707. The minimum absolute atomic E-state index is 0.124. The largest absolute Gasteiger partial charge is 0.465 e. The molecule has 0 N–H and O–H groups in total. The van der Waals surface area contributed by atoms with Crippen LogP contribution in [0.2, 0.25) is 0 Å². The lowest BCUT2D eigenvalue weighted by Crippen LogP contribution is -2.51. The van der Waals surface area contributed by atoms with Crippen molar-refractivity contribution in [2.45, 2.75) is 32.0 Å². The van der Waals surface area contributed by atoms with Crippen molar-refractivity contribution in [2.24, 2.45) is 5.92 Å². The smallest absolute Gasteiger partial charge is 0.410 e. The van der Waals surface area contributed by atoms with Crippen molar-refractivity contribution in [1.29, 1.82) is 0 Å². The molecule has 0 bridgehead atoms. The monoisotopic (exact) mass is 436 g/mol. The number of amides is 2. The van der Waals surface area contributed by atoms with Crippen LogP contribution in [0, 0.1) is 5.92 Å². The average molecular weight is 436 g/mol. The molecule has 2 heterocycles. The number of anilines is 1. The lowest BCUT2D eigenvalue weighted by atomic mass is 9.81. The number of benzene rings is 2. The number of carbonyl (C=O) groups excluding carboxylic acids is 4. The van der Waals surface area contributed by atoms with Gasteiger partial charge < -0.3 is 24.1 Å². The van der Waals surface area contributed by atoms with Crippen molar-refractivity contribution in [2.75, 3.05) is 18.6 Å². The van der Waals surface area contributed by atoms with Crippen LogP contribution in [0.25, 0.3) is 0 Å². The number of aldehydes is 1. The Morgan fingerprint density at radius 1 is 1.12 bits per heavy atom. The van der Waals surface area contributed by atoms with Gasteiger partial charge in [-0.3, -0.25) is 4.79 Å². The van der Waals surface area contributed by atoms with Crippen molar-refractivity contribution in [3.05, 3.63) is 65.2 Å². The van der Waals surface area contributed by atoms with Crippen LogP contribution in [0.15, 0.2) is 48.5 Å². The molecule has 166 valence electrons. The molecule has 2 amide bonds. The van der Waals surface area contributed by atoms with Crippen LogP contribution >= 0.6 is 0 Å². The van der Waals surface area contributed by atoms with E-state index in [1.54, 1.807) is 23.1 Å². The first kappa shape index (κ1) is 21.5. The van der Waals surface area contributed by atoms with E-state index in [0.29, 0.717) is 29.8 Å². The summed E-state index contributed by atoms with van der Waals surface area (Å²) in [6.45, 7) is 1.90. The first-order valence-electron chi connectivity index (χ1n) is 10.4. The molecular formula is C24H24N2O6. The number of hydrogen-bond acceptors (Lipinski definition) is 6. The van der Waals surface area contributed by atoms with Crippen molar-refractivity contribution in [3.8, 4) is 0 Å². The van der Waals surface area contributed by atoms with Crippen molar-refractivity contribution in [3.63, 3.8) is 0 Å². The molecule has 0 unspecified atom stereocenters. The number of nitrogens with zero attached hydrogens (tertiary/aromatic N) is 2. The summed E-state index contributed by atoms with van der Waals surface area (Å²) < 4.78 is 10.4. The summed E-state index contributed by atoms with van der Waals surface area (Å²) in [5.74, 6) is -1.11. The van der Waals surface area contributed by atoms with Crippen LogP contribution in [0.5, 0.6) is 0 Å². The van der Waals surface area contributed by atoms with Crippen LogP contribution in [-0.2, 0) is 25.7 Å².